The Morgan fingerprint density at radius 1 is 0.800 bits per heavy atom. The lowest BCUT2D eigenvalue weighted by molar-refractivity contribution is -0.279. The van der Waals surface area contributed by atoms with Crippen molar-refractivity contribution < 1.29 is 18.9 Å². The van der Waals surface area contributed by atoms with Gasteiger partial charge >= 0.3 is 0 Å². The average molecular weight is 210 g/mol. The first-order valence-electron chi connectivity index (χ1n) is 4.54. The van der Waals surface area contributed by atoms with Gasteiger partial charge in [-0.25, -0.2) is 0 Å². The summed E-state index contributed by atoms with van der Waals surface area (Å²) in [5.74, 6) is 0. The molecule has 0 N–H and O–H groups in total. The first kappa shape index (κ1) is 10.3. The molecule has 6 heteroatoms. The molecular weight excluding hydrogens is 200 g/mol. The number of rotatable bonds is 0. The average Bonchev–Trinajstić information content (AvgIpc) is 2.31. The Balaban J connectivity index is 1.90. The minimum atomic E-state index is -0.802. The Morgan fingerprint density at radius 3 is 1.40 bits per heavy atom. The SMILES string of the molecule is N#CC1OCC2(CO1)COC(C#N)OC2. The lowest BCUT2D eigenvalue weighted by atomic mass is 9.91. The van der Waals surface area contributed by atoms with Gasteiger partial charge in [-0.15, -0.1) is 0 Å². The molecule has 2 fully saturated rings. The molecule has 0 aromatic rings. The normalized spacial score (nSPS) is 40.7. The molecule has 2 aliphatic rings. The molecule has 2 heterocycles. The van der Waals surface area contributed by atoms with Crippen molar-refractivity contribution in [1.29, 1.82) is 10.5 Å². The standard InChI is InChI=1S/C9H10N2O4/c10-1-7-12-3-9(4-13-7)5-14-8(2-11)15-6-9/h7-8H,3-6H2. The van der Waals surface area contributed by atoms with E-state index in [1.165, 1.54) is 0 Å². The van der Waals surface area contributed by atoms with Crippen molar-refractivity contribution in [2.24, 2.45) is 5.41 Å². The molecule has 6 nitrogen and oxygen atoms in total. The van der Waals surface area contributed by atoms with Crippen LogP contribution in [0.3, 0.4) is 0 Å². The van der Waals surface area contributed by atoms with E-state index in [1.54, 1.807) is 0 Å². The maximum atomic E-state index is 8.55. The topological polar surface area (TPSA) is 84.5 Å². The summed E-state index contributed by atoms with van der Waals surface area (Å²) in [6, 6.07) is 3.73. The predicted octanol–water partition coefficient (Wildman–Crippen LogP) is -0.234. The Bertz CT molecular complexity index is 268. The third-order valence-corrected chi connectivity index (χ3v) is 2.37. The van der Waals surface area contributed by atoms with E-state index in [1.807, 2.05) is 12.1 Å². The highest BCUT2D eigenvalue weighted by Gasteiger charge is 2.42. The summed E-state index contributed by atoms with van der Waals surface area (Å²) in [6.45, 7) is 1.40. The van der Waals surface area contributed by atoms with Gasteiger partial charge in [0.1, 0.15) is 12.1 Å². The van der Waals surface area contributed by atoms with Crippen LogP contribution in [0.1, 0.15) is 0 Å². The minimum absolute atomic E-state index is 0.351. The Labute approximate surface area is 86.9 Å². The second kappa shape index (κ2) is 4.13. The summed E-state index contributed by atoms with van der Waals surface area (Å²) in [5.41, 5.74) is -0.374. The van der Waals surface area contributed by atoms with E-state index in [9.17, 15) is 0 Å². The molecule has 0 saturated carbocycles. The minimum Gasteiger partial charge on any atom is -0.340 e. The largest absolute Gasteiger partial charge is 0.340 e. The van der Waals surface area contributed by atoms with E-state index >= 15 is 0 Å². The van der Waals surface area contributed by atoms with E-state index in [0.29, 0.717) is 26.4 Å². The molecule has 0 atom stereocenters. The quantitative estimate of drug-likeness (QED) is 0.548. The van der Waals surface area contributed by atoms with Crippen LogP contribution in [0.4, 0.5) is 0 Å². The molecule has 1 spiro atoms. The highest BCUT2D eigenvalue weighted by molar-refractivity contribution is 4.91. The Hall–Kier alpha value is -1.18. The molecule has 0 amide bonds. The van der Waals surface area contributed by atoms with Crippen LogP contribution in [0.5, 0.6) is 0 Å². The van der Waals surface area contributed by atoms with Crippen LogP contribution >= 0.6 is 0 Å². The first-order chi connectivity index (χ1) is 7.28. The zero-order valence-electron chi connectivity index (χ0n) is 8.01. The third-order valence-electron chi connectivity index (χ3n) is 2.37. The van der Waals surface area contributed by atoms with Gasteiger partial charge in [-0.05, 0) is 0 Å². The fourth-order valence-electron chi connectivity index (χ4n) is 1.51. The van der Waals surface area contributed by atoms with Gasteiger partial charge in [0.2, 0.25) is 12.6 Å². The van der Waals surface area contributed by atoms with Gasteiger partial charge in [-0.3, -0.25) is 0 Å². The molecule has 2 saturated heterocycles. The predicted molar refractivity (Wildman–Crippen MR) is 45.0 cm³/mol. The van der Waals surface area contributed by atoms with Crippen molar-refractivity contribution in [3.63, 3.8) is 0 Å². The van der Waals surface area contributed by atoms with Gasteiger partial charge in [0.25, 0.3) is 0 Å². The van der Waals surface area contributed by atoms with Crippen LogP contribution in [-0.2, 0) is 18.9 Å². The van der Waals surface area contributed by atoms with Crippen LogP contribution in [0.15, 0.2) is 0 Å². The van der Waals surface area contributed by atoms with Gasteiger partial charge in [0, 0.05) is 0 Å². The van der Waals surface area contributed by atoms with E-state index in [0.717, 1.165) is 0 Å². The molecule has 2 rings (SSSR count). The molecular formula is C9H10N2O4. The molecule has 0 bridgehead atoms. The number of nitriles is 2. The number of ether oxygens (including phenoxy) is 4. The van der Waals surface area contributed by atoms with Gasteiger partial charge in [-0.1, -0.05) is 0 Å². The summed E-state index contributed by atoms with van der Waals surface area (Å²) in [4.78, 5) is 0. The lowest BCUT2D eigenvalue weighted by Crippen LogP contribution is -2.51. The Morgan fingerprint density at radius 2 is 1.13 bits per heavy atom. The van der Waals surface area contributed by atoms with E-state index in [-0.39, 0.29) is 5.41 Å². The molecule has 80 valence electrons. The smallest absolute Gasteiger partial charge is 0.248 e. The Kier molecular flexibility index (Phi) is 2.85. The van der Waals surface area contributed by atoms with Crippen LogP contribution in [0.25, 0.3) is 0 Å². The number of hydrogen-bond acceptors (Lipinski definition) is 6. The fraction of sp³-hybridized carbons (Fsp3) is 0.778. The summed E-state index contributed by atoms with van der Waals surface area (Å²) in [7, 11) is 0. The molecule has 2 aliphatic heterocycles. The molecule has 0 aromatic heterocycles. The third kappa shape index (κ3) is 2.09. The zero-order chi connectivity index (χ0) is 10.7. The van der Waals surface area contributed by atoms with Crippen molar-refractivity contribution >= 4 is 0 Å². The van der Waals surface area contributed by atoms with E-state index < -0.39 is 12.6 Å². The highest BCUT2D eigenvalue weighted by Crippen LogP contribution is 2.29. The maximum Gasteiger partial charge on any atom is 0.248 e. The van der Waals surface area contributed by atoms with Crippen LogP contribution in [0, 0.1) is 28.1 Å². The molecule has 15 heavy (non-hydrogen) atoms. The molecule has 0 aromatic carbocycles. The fourth-order valence-corrected chi connectivity index (χ4v) is 1.51. The van der Waals surface area contributed by atoms with Crippen molar-refractivity contribution in [3.05, 3.63) is 0 Å². The van der Waals surface area contributed by atoms with Crippen LogP contribution < -0.4 is 0 Å². The van der Waals surface area contributed by atoms with E-state index in [2.05, 4.69) is 0 Å². The molecule has 0 aliphatic carbocycles. The molecule has 0 radical (unpaired) electrons. The summed E-state index contributed by atoms with van der Waals surface area (Å²) in [5, 5.41) is 17.1. The summed E-state index contributed by atoms with van der Waals surface area (Å²) >= 11 is 0. The number of nitrogens with zero attached hydrogens (tertiary/aromatic N) is 2. The first-order valence-corrected chi connectivity index (χ1v) is 4.54. The van der Waals surface area contributed by atoms with Gasteiger partial charge in [-0.2, -0.15) is 10.5 Å². The highest BCUT2D eigenvalue weighted by atomic mass is 16.7. The van der Waals surface area contributed by atoms with Crippen molar-refractivity contribution in [1.82, 2.24) is 0 Å². The van der Waals surface area contributed by atoms with Crippen molar-refractivity contribution in [2.45, 2.75) is 12.6 Å². The lowest BCUT2D eigenvalue weighted by Gasteiger charge is -2.41. The van der Waals surface area contributed by atoms with Crippen LogP contribution in [-0.4, -0.2) is 39.0 Å². The van der Waals surface area contributed by atoms with Crippen molar-refractivity contribution in [3.8, 4) is 12.1 Å². The van der Waals surface area contributed by atoms with Crippen molar-refractivity contribution in [2.75, 3.05) is 26.4 Å². The zero-order valence-corrected chi connectivity index (χ0v) is 8.01. The van der Waals surface area contributed by atoms with Gasteiger partial charge in [0.15, 0.2) is 0 Å². The summed E-state index contributed by atoms with van der Waals surface area (Å²) in [6.07, 6.45) is -1.60. The summed E-state index contributed by atoms with van der Waals surface area (Å²) < 4.78 is 20.7. The van der Waals surface area contributed by atoms with Crippen LogP contribution in [0.2, 0.25) is 0 Å². The molecule has 0 unspecified atom stereocenters. The van der Waals surface area contributed by atoms with Gasteiger partial charge < -0.3 is 18.9 Å². The monoisotopic (exact) mass is 210 g/mol. The maximum absolute atomic E-state index is 8.55. The second-order valence-corrected chi connectivity index (χ2v) is 3.67. The second-order valence-electron chi connectivity index (χ2n) is 3.67. The van der Waals surface area contributed by atoms with E-state index in [4.69, 9.17) is 29.5 Å². The van der Waals surface area contributed by atoms with Gasteiger partial charge in [0.05, 0.1) is 31.8 Å². The number of hydrogen-bond donors (Lipinski definition) is 0.